The third-order valence-electron chi connectivity index (χ3n) is 2.40. The van der Waals surface area contributed by atoms with Gasteiger partial charge in [-0.15, -0.1) is 0 Å². The van der Waals surface area contributed by atoms with Gasteiger partial charge in [-0.2, -0.15) is 0 Å². The van der Waals surface area contributed by atoms with Gasteiger partial charge in [-0.1, -0.05) is 23.2 Å². The van der Waals surface area contributed by atoms with Crippen molar-refractivity contribution in [2.24, 2.45) is 0 Å². The number of nitro groups is 1. The van der Waals surface area contributed by atoms with Crippen molar-refractivity contribution in [3.05, 3.63) is 39.9 Å². The van der Waals surface area contributed by atoms with Crippen LogP contribution in [0.25, 0.3) is 0 Å². The number of non-ortho nitro benzene ring substituents is 1. The second kappa shape index (κ2) is 7.39. The molecule has 1 aromatic carbocycles. The molecule has 110 valence electrons. The summed E-state index contributed by atoms with van der Waals surface area (Å²) in [6.45, 7) is -0.761. The molecule has 0 bridgehead atoms. The SMILES string of the molecule is [2H][C@@](O)(c1ccc([N+](=O)[O-])cc1)[C@@H](CO)NC(=O)C(Cl)Cl. The molecule has 1 aromatic rings. The minimum absolute atomic E-state index is 0.0480. The fourth-order valence-electron chi connectivity index (χ4n) is 1.39. The zero-order valence-electron chi connectivity index (χ0n) is 11.0. The van der Waals surface area contributed by atoms with Crippen LogP contribution in [0.4, 0.5) is 5.69 Å². The van der Waals surface area contributed by atoms with Gasteiger partial charge in [0.05, 0.1) is 18.9 Å². The number of rotatable bonds is 6. The molecule has 2 atom stereocenters. The number of hydrogen-bond donors (Lipinski definition) is 3. The first-order chi connectivity index (χ1) is 9.70. The molecule has 0 fully saturated rings. The molecule has 0 heterocycles. The third kappa shape index (κ3) is 4.31. The molecule has 0 aliphatic rings. The molecular formula is C11H12Cl2N2O5. The van der Waals surface area contributed by atoms with E-state index in [0.717, 1.165) is 24.3 Å². The van der Waals surface area contributed by atoms with Crippen LogP contribution >= 0.6 is 23.2 Å². The molecule has 1 amide bonds. The van der Waals surface area contributed by atoms with Crippen molar-refractivity contribution in [2.45, 2.75) is 17.0 Å². The maximum absolute atomic E-state index is 11.4. The normalized spacial score (nSPS) is 16.1. The number of benzene rings is 1. The summed E-state index contributed by atoms with van der Waals surface area (Å²) in [6, 6.07) is 3.08. The van der Waals surface area contributed by atoms with E-state index in [0.29, 0.717) is 0 Å². The fraction of sp³-hybridized carbons (Fsp3) is 0.364. The Bertz CT molecular complexity index is 524. The van der Waals surface area contributed by atoms with E-state index >= 15 is 0 Å². The lowest BCUT2D eigenvalue weighted by atomic mass is 10.0. The molecule has 0 radical (unpaired) electrons. The molecule has 0 aliphatic heterocycles. The van der Waals surface area contributed by atoms with Crippen LogP contribution in [0.1, 0.15) is 13.0 Å². The molecule has 0 saturated heterocycles. The van der Waals surface area contributed by atoms with Crippen LogP contribution in [0.3, 0.4) is 0 Å². The summed E-state index contributed by atoms with van der Waals surface area (Å²) >= 11 is 10.7. The van der Waals surface area contributed by atoms with Gasteiger partial charge in [-0.05, 0) is 17.7 Å². The van der Waals surface area contributed by atoms with Gasteiger partial charge in [-0.25, -0.2) is 0 Å². The molecule has 20 heavy (non-hydrogen) atoms. The largest absolute Gasteiger partial charge is 0.394 e. The third-order valence-corrected chi connectivity index (χ3v) is 2.80. The number of hydrogen-bond acceptors (Lipinski definition) is 5. The van der Waals surface area contributed by atoms with Gasteiger partial charge in [0.15, 0.2) is 4.84 Å². The van der Waals surface area contributed by atoms with Gasteiger partial charge in [-0.3, -0.25) is 14.9 Å². The molecule has 3 N–H and O–H groups in total. The number of carbonyl (C=O) groups excluding carboxylic acids is 1. The monoisotopic (exact) mass is 323 g/mol. The average molecular weight is 324 g/mol. The van der Waals surface area contributed by atoms with Crippen LogP contribution in [0, 0.1) is 10.1 Å². The number of amides is 1. The first kappa shape index (κ1) is 15.0. The predicted octanol–water partition coefficient (Wildman–Crippen LogP) is 0.909. The number of halogens is 2. The van der Waals surface area contributed by atoms with Gasteiger partial charge in [0, 0.05) is 12.1 Å². The van der Waals surface area contributed by atoms with Crippen LogP contribution in [-0.2, 0) is 4.79 Å². The molecule has 1 rings (SSSR count). The predicted molar refractivity (Wildman–Crippen MR) is 72.6 cm³/mol. The minimum atomic E-state index is -2.41. The number of nitrogens with zero attached hydrogens (tertiary/aromatic N) is 1. The van der Waals surface area contributed by atoms with E-state index in [-0.39, 0.29) is 11.3 Å². The zero-order valence-corrected chi connectivity index (χ0v) is 11.5. The van der Waals surface area contributed by atoms with Gasteiger partial charge < -0.3 is 15.5 Å². The van der Waals surface area contributed by atoms with Crippen molar-refractivity contribution in [3.63, 3.8) is 0 Å². The Labute approximate surface area is 125 Å². The summed E-state index contributed by atoms with van der Waals surface area (Å²) < 4.78 is 7.86. The van der Waals surface area contributed by atoms with E-state index in [4.69, 9.17) is 24.6 Å². The van der Waals surface area contributed by atoms with E-state index in [9.17, 15) is 25.1 Å². The Morgan fingerprint density at radius 3 is 2.40 bits per heavy atom. The highest BCUT2D eigenvalue weighted by Crippen LogP contribution is 2.20. The summed E-state index contributed by atoms with van der Waals surface area (Å²) in [4.78, 5) is 19.8. The second-order valence-corrected chi connectivity index (χ2v) is 4.83. The van der Waals surface area contributed by atoms with Crippen molar-refractivity contribution >= 4 is 34.8 Å². The van der Waals surface area contributed by atoms with Gasteiger partial charge in [0.1, 0.15) is 6.08 Å². The lowest BCUT2D eigenvalue weighted by molar-refractivity contribution is -0.384. The van der Waals surface area contributed by atoms with Crippen molar-refractivity contribution in [1.29, 1.82) is 0 Å². The summed E-state index contributed by atoms with van der Waals surface area (Å²) in [7, 11) is 0. The molecule has 9 heteroatoms. The van der Waals surface area contributed by atoms with E-state index in [1.807, 2.05) is 0 Å². The minimum Gasteiger partial charge on any atom is -0.394 e. The zero-order chi connectivity index (χ0) is 16.2. The van der Waals surface area contributed by atoms with Gasteiger partial charge in [0.25, 0.3) is 11.6 Å². The molecule has 7 nitrogen and oxygen atoms in total. The van der Waals surface area contributed by atoms with Crippen molar-refractivity contribution in [1.82, 2.24) is 5.32 Å². The van der Waals surface area contributed by atoms with Crippen molar-refractivity contribution in [2.75, 3.05) is 6.61 Å². The summed E-state index contributed by atoms with van der Waals surface area (Å²) in [5, 5.41) is 32.0. The second-order valence-electron chi connectivity index (χ2n) is 3.73. The molecule has 0 aromatic heterocycles. The average Bonchev–Trinajstić information content (AvgIpc) is 2.44. The number of aliphatic hydroxyl groups excluding tert-OH is 1. The molecule has 0 unspecified atom stereocenters. The fourth-order valence-corrected chi connectivity index (χ4v) is 1.52. The van der Waals surface area contributed by atoms with Crippen LogP contribution in [0.2, 0.25) is 0 Å². The van der Waals surface area contributed by atoms with Crippen molar-refractivity contribution < 1.29 is 21.3 Å². The highest BCUT2D eigenvalue weighted by molar-refractivity contribution is 6.53. The number of alkyl halides is 2. The highest BCUT2D eigenvalue weighted by Gasteiger charge is 2.24. The Kier molecular flexibility index (Phi) is 5.54. The summed E-state index contributed by atoms with van der Waals surface area (Å²) in [5.41, 5.74) is -0.270. The molecular weight excluding hydrogens is 311 g/mol. The number of nitrogens with one attached hydrogen (secondary N) is 1. The number of nitro benzene ring substituents is 1. The lowest BCUT2D eigenvalue weighted by Crippen LogP contribution is -2.44. The number of aliphatic hydroxyl groups is 2. The van der Waals surface area contributed by atoms with Crippen molar-refractivity contribution in [3.8, 4) is 0 Å². The molecule has 0 saturated carbocycles. The molecule has 0 spiro atoms. The quantitative estimate of drug-likeness (QED) is 0.409. The van der Waals surface area contributed by atoms with E-state index in [1.54, 1.807) is 0 Å². The topological polar surface area (TPSA) is 113 Å². The Morgan fingerprint density at radius 1 is 1.45 bits per heavy atom. The maximum atomic E-state index is 11.4. The Balaban J connectivity index is 3.00. The van der Waals surface area contributed by atoms with Crippen LogP contribution < -0.4 is 5.32 Å². The Hall–Kier alpha value is -1.41. The summed E-state index contributed by atoms with van der Waals surface area (Å²) in [6.07, 6.45) is -2.41. The highest BCUT2D eigenvalue weighted by atomic mass is 35.5. The molecule has 0 aliphatic carbocycles. The smallest absolute Gasteiger partial charge is 0.269 e. The van der Waals surface area contributed by atoms with Gasteiger partial charge in [0.2, 0.25) is 0 Å². The van der Waals surface area contributed by atoms with Crippen LogP contribution in [-0.4, -0.2) is 38.5 Å². The van der Waals surface area contributed by atoms with E-state index in [1.165, 1.54) is 0 Å². The van der Waals surface area contributed by atoms with Crippen LogP contribution in [0.5, 0.6) is 0 Å². The van der Waals surface area contributed by atoms with E-state index < -0.39 is 34.4 Å². The lowest BCUT2D eigenvalue weighted by Gasteiger charge is -2.22. The first-order valence-corrected chi connectivity index (χ1v) is 6.24. The first-order valence-electron chi connectivity index (χ1n) is 5.86. The number of carbonyl (C=O) groups is 1. The Morgan fingerprint density at radius 2 is 2.00 bits per heavy atom. The van der Waals surface area contributed by atoms with Crippen LogP contribution in [0.15, 0.2) is 24.3 Å². The van der Waals surface area contributed by atoms with Gasteiger partial charge >= 0.3 is 0 Å². The van der Waals surface area contributed by atoms with E-state index in [2.05, 4.69) is 5.32 Å². The maximum Gasteiger partial charge on any atom is 0.269 e. The summed E-state index contributed by atoms with van der Waals surface area (Å²) in [5.74, 6) is -0.884. The standard InChI is InChI=1S/C11H12Cl2N2O5/c12-10(13)11(18)14-8(5-16)9(17)6-1-3-7(4-2-6)15(19)20/h1-4,8-10,16-17H,5H2,(H,14,18)/t8-,9-/m1/s1/i9D.